The first-order valence-corrected chi connectivity index (χ1v) is 11.2. The van der Waals surface area contributed by atoms with Gasteiger partial charge in [-0.3, -0.25) is 9.59 Å². The van der Waals surface area contributed by atoms with Crippen LogP contribution in [0, 0.1) is 0 Å². The van der Waals surface area contributed by atoms with Gasteiger partial charge in [-0.05, 0) is 60.4 Å². The van der Waals surface area contributed by atoms with E-state index < -0.39 is 0 Å². The summed E-state index contributed by atoms with van der Waals surface area (Å²) >= 11 is 0. The predicted octanol–water partition coefficient (Wildman–Crippen LogP) is 5.57. The van der Waals surface area contributed by atoms with Gasteiger partial charge in [-0.2, -0.15) is 5.10 Å². The third-order valence-corrected chi connectivity index (χ3v) is 5.73. The molecule has 0 unspecified atom stereocenters. The van der Waals surface area contributed by atoms with E-state index in [4.69, 9.17) is 5.10 Å². The second-order valence-corrected chi connectivity index (χ2v) is 8.22. The van der Waals surface area contributed by atoms with Crippen molar-refractivity contribution in [2.45, 2.75) is 19.8 Å². The van der Waals surface area contributed by atoms with Crippen LogP contribution in [-0.4, -0.2) is 21.6 Å². The highest BCUT2D eigenvalue weighted by Crippen LogP contribution is 2.37. The van der Waals surface area contributed by atoms with Crippen molar-refractivity contribution >= 4 is 34.8 Å². The van der Waals surface area contributed by atoms with Crippen LogP contribution in [0.2, 0.25) is 0 Å². The van der Waals surface area contributed by atoms with Gasteiger partial charge in [0, 0.05) is 23.9 Å². The van der Waals surface area contributed by atoms with Gasteiger partial charge >= 0.3 is 0 Å². The number of rotatable bonds is 5. The molecule has 34 heavy (non-hydrogen) atoms. The zero-order valence-electron chi connectivity index (χ0n) is 18.8. The Morgan fingerprint density at radius 3 is 2.24 bits per heavy atom. The monoisotopic (exact) mass is 448 g/mol. The average Bonchev–Trinajstić information content (AvgIpc) is 3.41. The maximum Gasteiger partial charge on any atom is 0.276 e. The van der Waals surface area contributed by atoms with Crippen molar-refractivity contribution in [2.75, 3.05) is 10.6 Å². The Hall–Kier alpha value is -4.45. The van der Waals surface area contributed by atoms with Gasteiger partial charge in [0.05, 0.1) is 11.4 Å². The van der Waals surface area contributed by atoms with Crippen molar-refractivity contribution in [3.8, 4) is 5.69 Å². The predicted molar refractivity (Wildman–Crippen MR) is 135 cm³/mol. The van der Waals surface area contributed by atoms with Crippen LogP contribution >= 0.6 is 0 Å². The van der Waals surface area contributed by atoms with Crippen LogP contribution in [0.25, 0.3) is 17.3 Å². The molecule has 0 aliphatic heterocycles. The zero-order chi connectivity index (χ0) is 23.5. The van der Waals surface area contributed by atoms with Crippen LogP contribution < -0.4 is 10.6 Å². The summed E-state index contributed by atoms with van der Waals surface area (Å²) in [5, 5.41) is 10.4. The molecule has 1 heterocycles. The number of aromatic nitrogens is 2. The molecule has 1 aromatic heterocycles. The number of para-hydroxylation sites is 1. The Kier molecular flexibility index (Phi) is 5.79. The van der Waals surface area contributed by atoms with Crippen molar-refractivity contribution < 1.29 is 9.59 Å². The molecule has 0 saturated carbocycles. The van der Waals surface area contributed by atoms with Crippen LogP contribution in [0.15, 0.2) is 84.9 Å². The number of amides is 2. The Morgan fingerprint density at radius 2 is 1.53 bits per heavy atom. The Balaban J connectivity index is 1.53. The van der Waals surface area contributed by atoms with Crippen molar-refractivity contribution in [1.82, 2.24) is 9.78 Å². The lowest BCUT2D eigenvalue weighted by atomic mass is 10.1. The van der Waals surface area contributed by atoms with Gasteiger partial charge in [0.1, 0.15) is 0 Å². The van der Waals surface area contributed by atoms with Crippen molar-refractivity contribution in [3.63, 3.8) is 0 Å². The van der Waals surface area contributed by atoms with Crippen LogP contribution in [0.4, 0.5) is 11.4 Å². The van der Waals surface area contributed by atoms with Gasteiger partial charge in [-0.1, -0.05) is 54.6 Å². The van der Waals surface area contributed by atoms with E-state index in [1.165, 1.54) is 6.92 Å². The van der Waals surface area contributed by atoms with Crippen LogP contribution in [0.1, 0.15) is 40.7 Å². The van der Waals surface area contributed by atoms with Crippen molar-refractivity contribution in [2.24, 2.45) is 0 Å². The lowest BCUT2D eigenvalue weighted by molar-refractivity contribution is -0.114. The lowest BCUT2D eigenvalue weighted by Gasteiger charge is -2.08. The van der Waals surface area contributed by atoms with Gasteiger partial charge in [0.2, 0.25) is 5.91 Å². The molecule has 1 aliphatic carbocycles. The first-order chi connectivity index (χ1) is 16.6. The lowest BCUT2D eigenvalue weighted by Crippen LogP contribution is -2.15. The number of nitrogens with one attached hydrogen (secondary N) is 2. The number of hydrogen-bond donors (Lipinski definition) is 2. The largest absolute Gasteiger partial charge is 0.326 e. The summed E-state index contributed by atoms with van der Waals surface area (Å²) in [5.41, 5.74) is 6.74. The quantitative estimate of drug-likeness (QED) is 0.419. The van der Waals surface area contributed by atoms with Crippen molar-refractivity contribution in [1.29, 1.82) is 0 Å². The Morgan fingerprint density at radius 1 is 0.853 bits per heavy atom. The third-order valence-electron chi connectivity index (χ3n) is 5.73. The maximum atomic E-state index is 13.3. The normalized spacial score (nSPS) is 13.5. The van der Waals surface area contributed by atoms with Gasteiger partial charge in [0.25, 0.3) is 5.91 Å². The molecule has 2 amide bonds. The summed E-state index contributed by atoms with van der Waals surface area (Å²) in [6.45, 7) is 1.45. The number of benzene rings is 3. The molecule has 0 radical (unpaired) electrons. The minimum atomic E-state index is -0.271. The van der Waals surface area contributed by atoms with E-state index in [1.54, 1.807) is 24.3 Å². The molecular formula is C28H24N4O2. The number of carbonyl (C=O) groups excluding carboxylic acids is 2. The van der Waals surface area contributed by atoms with Gasteiger partial charge in [0.15, 0.2) is 5.69 Å². The van der Waals surface area contributed by atoms with Gasteiger partial charge < -0.3 is 10.6 Å². The van der Waals surface area contributed by atoms with Crippen molar-refractivity contribution in [3.05, 3.63) is 107 Å². The molecule has 4 aromatic rings. The van der Waals surface area contributed by atoms with E-state index >= 15 is 0 Å². The molecule has 6 nitrogen and oxygen atoms in total. The summed E-state index contributed by atoms with van der Waals surface area (Å²) in [4.78, 5) is 24.7. The Labute approximate surface area is 197 Å². The highest BCUT2D eigenvalue weighted by molar-refractivity contribution is 6.06. The molecular weight excluding hydrogens is 424 g/mol. The standard InChI is InChI=1S/C28H24N4O2/c1-19(33)29-22-11-8-12-23(18-22)30-28(34)26-25-16-15-21(17-20-9-4-2-5-10-20)27(25)32(31-26)24-13-6-3-7-14-24/h2-14,17-18H,15-16H2,1H3,(H,29,33)(H,30,34)/b21-17-. The minimum absolute atomic E-state index is 0.166. The molecule has 0 atom stereocenters. The number of allylic oxidation sites excluding steroid dienone is 1. The number of fused-ring (bicyclic) bond motifs is 1. The minimum Gasteiger partial charge on any atom is -0.326 e. The molecule has 5 rings (SSSR count). The van der Waals surface area contributed by atoms with E-state index in [2.05, 4.69) is 28.8 Å². The molecule has 168 valence electrons. The van der Waals surface area contributed by atoms with E-state index in [-0.39, 0.29) is 11.8 Å². The van der Waals surface area contributed by atoms with Crippen LogP contribution in [0.5, 0.6) is 0 Å². The zero-order valence-corrected chi connectivity index (χ0v) is 18.8. The van der Waals surface area contributed by atoms with E-state index in [0.717, 1.165) is 40.9 Å². The fourth-order valence-electron chi connectivity index (χ4n) is 4.29. The van der Waals surface area contributed by atoms with Crippen LogP contribution in [-0.2, 0) is 11.2 Å². The molecule has 0 bridgehead atoms. The topological polar surface area (TPSA) is 76.0 Å². The summed E-state index contributed by atoms with van der Waals surface area (Å²) in [5.74, 6) is -0.437. The summed E-state index contributed by atoms with van der Waals surface area (Å²) in [6, 6.07) is 27.1. The molecule has 3 aromatic carbocycles. The second-order valence-electron chi connectivity index (χ2n) is 8.22. The fraction of sp³-hybridized carbons (Fsp3) is 0.107. The maximum absolute atomic E-state index is 13.3. The molecule has 6 heteroatoms. The van der Waals surface area contributed by atoms with Crippen LogP contribution in [0.3, 0.4) is 0 Å². The smallest absolute Gasteiger partial charge is 0.276 e. The number of nitrogens with zero attached hydrogens (tertiary/aromatic N) is 2. The number of hydrogen-bond acceptors (Lipinski definition) is 3. The first-order valence-electron chi connectivity index (χ1n) is 11.2. The van der Waals surface area contributed by atoms with Gasteiger partial charge in [-0.25, -0.2) is 4.68 Å². The second kappa shape index (κ2) is 9.19. The highest BCUT2D eigenvalue weighted by Gasteiger charge is 2.30. The van der Waals surface area contributed by atoms with E-state index in [1.807, 2.05) is 53.2 Å². The highest BCUT2D eigenvalue weighted by atomic mass is 16.2. The molecule has 1 aliphatic rings. The fourth-order valence-corrected chi connectivity index (χ4v) is 4.29. The van der Waals surface area contributed by atoms with Gasteiger partial charge in [-0.15, -0.1) is 0 Å². The summed E-state index contributed by atoms with van der Waals surface area (Å²) in [6.07, 6.45) is 3.76. The number of anilines is 2. The molecule has 0 spiro atoms. The summed E-state index contributed by atoms with van der Waals surface area (Å²) < 4.78 is 1.87. The molecule has 2 N–H and O–H groups in total. The molecule has 0 fully saturated rings. The summed E-state index contributed by atoms with van der Waals surface area (Å²) in [7, 11) is 0. The van der Waals surface area contributed by atoms with E-state index in [0.29, 0.717) is 17.1 Å². The third kappa shape index (κ3) is 4.38. The average molecular weight is 449 g/mol. The Bertz CT molecular complexity index is 1390. The first kappa shape index (κ1) is 21.4. The van der Waals surface area contributed by atoms with E-state index in [9.17, 15) is 9.59 Å². The molecule has 0 saturated heterocycles. The SMILES string of the molecule is CC(=O)Nc1cccc(NC(=O)c2nn(-c3ccccc3)c3c2CC/C3=C/c2ccccc2)c1. The number of carbonyl (C=O) groups is 2.